The van der Waals surface area contributed by atoms with Gasteiger partial charge in [-0.3, -0.25) is 18.7 Å². The van der Waals surface area contributed by atoms with Gasteiger partial charge in [0.05, 0.1) is 0 Å². The summed E-state index contributed by atoms with van der Waals surface area (Å²) in [5, 5.41) is 2.84. The lowest BCUT2D eigenvalue weighted by Crippen LogP contribution is -2.46. The molecule has 0 spiro atoms. The summed E-state index contributed by atoms with van der Waals surface area (Å²) >= 11 is 0. The molecule has 0 bridgehead atoms. The topological polar surface area (TPSA) is 92.8 Å². The Morgan fingerprint density at radius 2 is 1.85 bits per heavy atom. The van der Waals surface area contributed by atoms with Crippen LogP contribution in [-0.4, -0.2) is 20.0 Å². The van der Waals surface area contributed by atoms with Gasteiger partial charge in [0.25, 0.3) is 17.1 Å². The second-order valence-electron chi connectivity index (χ2n) is 6.78. The van der Waals surface area contributed by atoms with Crippen LogP contribution in [0.5, 0.6) is 0 Å². The SMILES string of the molecule is CCC(C)c1ccc(NC(=O)C[n+]2c[nH]c3c2c(=O)n(C)c(=O)n3C)cc1. The van der Waals surface area contributed by atoms with Crippen molar-refractivity contribution in [2.24, 2.45) is 14.1 Å². The van der Waals surface area contributed by atoms with Crippen molar-refractivity contribution < 1.29 is 9.36 Å². The summed E-state index contributed by atoms with van der Waals surface area (Å²) in [6.07, 6.45) is 2.58. The largest absolute Gasteiger partial charge is 0.333 e. The Bertz CT molecular complexity index is 1110. The number of rotatable bonds is 5. The molecule has 2 aromatic heterocycles. The zero-order valence-electron chi connectivity index (χ0n) is 15.9. The van der Waals surface area contributed by atoms with Crippen molar-refractivity contribution in [2.75, 3.05) is 5.32 Å². The molecule has 0 aliphatic heterocycles. The molecule has 3 aromatic rings. The lowest BCUT2D eigenvalue weighted by Gasteiger charge is -2.10. The van der Waals surface area contributed by atoms with Crippen molar-refractivity contribution in [1.82, 2.24) is 14.1 Å². The predicted molar refractivity (Wildman–Crippen MR) is 103 cm³/mol. The number of hydrogen-bond donors (Lipinski definition) is 2. The van der Waals surface area contributed by atoms with Crippen LogP contribution in [0.1, 0.15) is 31.7 Å². The number of aromatic nitrogens is 4. The van der Waals surface area contributed by atoms with Crippen LogP contribution in [0.4, 0.5) is 5.69 Å². The quantitative estimate of drug-likeness (QED) is 0.657. The number of aryl methyl sites for hydroxylation is 1. The highest BCUT2D eigenvalue weighted by molar-refractivity contribution is 5.89. The van der Waals surface area contributed by atoms with Crippen LogP contribution in [0, 0.1) is 0 Å². The van der Waals surface area contributed by atoms with Crippen LogP contribution in [-0.2, 0) is 25.4 Å². The van der Waals surface area contributed by atoms with E-state index in [9.17, 15) is 14.4 Å². The summed E-state index contributed by atoms with van der Waals surface area (Å²) in [5.41, 5.74) is 1.72. The third kappa shape index (κ3) is 3.42. The molecule has 8 nitrogen and oxygen atoms in total. The van der Waals surface area contributed by atoms with E-state index in [1.165, 1.54) is 28.1 Å². The normalized spacial score (nSPS) is 12.3. The number of anilines is 1. The smallest absolute Gasteiger partial charge is 0.323 e. The van der Waals surface area contributed by atoms with Gasteiger partial charge < -0.3 is 5.32 Å². The number of amides is 1. The first-order valence-electron chi connectivity index (χ1n) is 8.89. The molecule has 1 aromatic carbocycles. The van der Waals surface area contributed by atoms with E-state index in [0.717, 1.165) is 11.0 Å². The standard InChI is InChI=1S/C19H23N5O3/c1-5-12(2)13-6-8-14(9-7-13)21-15(25)10-24-11-20-17-16(24)18(26)23(4)19(27)22(17)3/h6-9,11-12H,5,10H2,1-4H3,(H,21,25)/p+1. The highest BCUT2D eigenvalue weighted by Gasteiger charge is 2.21. The van der Waals surface area contributed by atoms with Gasteiger partial charge in [0, 0.05) is 19.8 Å². The van der Waals surface area contributed by atoms with Crippen LogP contribution >= 0.6 is 0 Å². The summed E-state index contributed by atoms with van der Waals surface area (Å²) in [4.78, 5) is 39.7. The number of aromatic amines is 1. The van der Waals surface area contributed by atoms with Gasteiger partial charge >= 0.3 is 11.2 Å². The lowest BCUT2D eigenvalue weighted by atomic mass is 9.99. The third-order valence-corrected chi connectivity index (χ3v) is 4.97. The second-order valence-corrected chi connectivity index (χ2v) is 6.78. The van der Waals surface area contributed by atoms with Crippen molar-refractivity contribution in [3.8, 4) is 0 Å². The number of carbonyl (C=O) groups excluding carboxylic acids is 1. The number of nitrogens with zero attached hydrogens (tertiary/aromatic N) is 3. The first-order chi connectivity index (χ1) is 12.8. The molecule has 27 heavy (non-hydrogen) atoms. The van der Waals surface area contributed by atoms with E-state index < -0.39 is 11.2 Å². The molecule has 8 heteroatoms. The Morgan fingerprint density at radius 1 is 1.19 bits per heavy atom. The van der Waals surface area contributed by atoms with Crippen molar-refractivity contribution in [3.63, 3.8) is 0 Å². The van der Waals surface area contributed by atoms with E-state index in [0.29, 0.717) is 17.3 Å². The third-order valence-electron chi connectivity index (χ3n) is 4.97. The van der Waals surface area contributed by atoms with Gasteiger partial charge in [-0.2, -0.15) is 0 Å². The van der Waals surface area contributed by atoms with Gasteiger partial charge in [-0.15, -0.1) is 0 Å². The van der Waals surface area contributed by atoms with E-state index in [1.54, 1.807) is 7.05 Å². The summed E-state index contributed by atoms with van der Waals surface area (Å²) in [7, 11) is 2.99. The van der Waals surface area contributed by atoms with Crippen LogP contribution in [0.2, 0.25) is 0 Å². The monoisotopic (exact) mass is 370 g/mol. The summed E-state index contributed by atoms with van der Waals surface area (Å²) in [5.74, 6) is 0.215. The van der Waals surface area contributed by atoms with E-state index in [2.05, 4.69) is 24.1 Å². The van der Waals surface area contributed by atoms with Crippen LogP contribution in [0.25, 0.3) is 11.2 Å². The molecule has 1 amide bonds. The van der Waals surface area contributed by atoms with Gasteiger partial charge in [-0.1, -0.05) is 26.0 Å². The molecule has 2 heterocycles. The minimum absolute atomic E-state index is 0.0411. The fourth-order valence-corrected chi connectivity index (χ4v) is 3.06. The zero-order valence-corrected chi connectivity index (χ0v) is 15.9. The summed E-state index contributed by atoms with van der Waals surface area (Å²) in [6, 6.07) is 7.77. The number of hydrogen-bond acceptors (Lipinski definition) is 3. The molecular weight excluding hydrogens is 346 g/mol. The van der Waals surface area contributed by atoms with Crippen LogP contribution in [0.3, 0.4) is 0 Å². The Balaban J connectivity index is 1.83. The molecule has 0 fully saturated rings. The Morgan fingerprint density at radius 3 is 2.48 bits per heavy atom. The molecule has 0 aliphatic rings. The molecule has 0 aliphatic carbocycles. The number of benzene rings is 1. The van der Waals surface area contributed by atoms with Gasteiger partial charge in [0.1, 0.15) is 0 Å². The molecule has 2 N–H and O–H groups in total. The van der Waals surface area contributed by atoms with E-state index in [1.807, 2.05) is 24.3 Å². The van der Waals surface area contributed by atoms with Gasteiger partial charge in [-0.05, 0) is 30.0 Å². The van der Waals surface area contributed by atoms with Crippen molar-refractivity contribution >= 4 is 22.8 Å². The van der Waals surface area contributed by atoms with Crippen molar-refractivity contribution in [2.45, 2.75) is 32.7 Å². The lowest BCUT2D eigenvalue weighted by molar-refractivity contribution is -0.658. The zero-order chi connectivity index (χ0) is 19.7. The number of fused-ring (bicyclic) bond motifs is 1. The van der Waals surface area contributed by atoms with Gasteiger partial charge in [0.15, 0.2) is 6.54 Å². The molecule has 0 saturated heterocycles. The van der Waals surface area contributed by atoms with E-state index in [4.69, 9.17) is 0 Å². The van der Waals surface area contributed by atoms with E-state index >= 15 is 0 Å². The minimum Gasteiger partial charge on any atom is -0.323 e. The number of H-pyrrole nitrogens is 1. The van der Waals surface area contributed by atoms with Crippen molar-refractivity contribution in [3.05, 3.63) is 57.0 Å². The second kappa shape index (κ2) is 7.22. The van der Waals surface area contributed by atoms with E-state index in [-0.39, 0.29) is 18.0 Å². The molecule has 0 saturated carbocycles. The molecule has 1 unspecified atom stereocenters. The fraction of sp³-hybridized carbons (Fsp3) is 0.368. The number of imidazole rings is 1. The average Bonchev–Trinajstić information content (AvgIpc) is 3.08. The average molecular weight is 370 g/mol. The first kappa shape index (κ1) is 18.6. The maximum atomic E-state index is 12.4. The summed E-state index contributed by atoms with van der Waals surface area (Å²) in [6.45, 7) is 4.26. The fourth-order valence-electron chi connectivity index (χ4n) is 3.06. The Labute approximate surface area is 156 Å². The van der Waals surface area contributed by atoms with Crippen LogP contribution < -0.4 is 21.1 Å². The highest BCUT2D eigenvalue weighted by atomic mass is 16.2. The molecule has 142 valence electrons. The maximum Gasteiger partial charge on any atom is 0.333 e. The molecule has 0 radical (unpaired) electrons. The summed E-state index contributed by atoms with van der Waals surface area (Å²) < 4.78 is 3.89. The van der Waals surface area contributed by atoms with Gasteiger partial charge in [0.2, 0.25) is 6.33 Å². The maximum absolute atomic E-state index is 12.4. The molecule has 1 atom stereocenters. The molecule has 3 rings (SSSR count). The molecular formula is C19H24N5O3+. The first-order valence-corrected chi connectivity index (χ1v) is 8.89. The van der Waals surface area contributed by atoms with Crippen LogP contribution in [0.15, 0.2) is 40.2 Å². The highest BCUT2D eigenvalue weighted by Crippen LogP contribution is 2.20. The Hall–Kier alpha value is -3.16. The predicted octanol–water partition coefficient (Wildman–Crippen LogP) is 1.00. The van der Waals surface area contributed by atoms with Gasteiger partial charge in [-0.25, -0.2) is 14.3 Å². The number of carbonyl (C=O) groups is 1. The van der Waals surface area contributed by atoms with Crippen molar-refractivity contribution in [1.29, 1.82) is 0 Å². The Kier molecular flexibility index (Phi) is 4.98. The minimum atomic E-state index is -0.444. The number of nitrogens with one attached hydrogen (secondary N) is 2.